The molecule has 21 heavy (non-hydrogen) atoms. The molecule has 1 saturated carbocycles. The van der Waals surface area contributed by atoms with Crippen molar-refractivity contribution in [1.82, 2.24) is 0 Å². The van der Waals surface area contributed by atoms with Crippen LogP contribution >= 0.6 is 0 Å². The number of carbonyl (C=O) groups is 1. The standard InChI is InChI=1S/C14H13F5O2/c1-8(20)21-7-9-4-11(13(15,16)10-2-3-10)6-12(5-9)14(17,18)19/h4-6,10H,2-3,7H2,1H3. The summed E-state index contributed by atoms with van der Waals surface area (Å²) in [5.74, 6) is -4.91. The lowest BCUT2D eigenvalue weighted by atomic mass is 9.98. The van der Waals surface area contributed by atoms with Crippen molar-refractivity contribution in [3.8, 4) is 0 Å². The molecule has 1 aliphatic carbocycles. The van der Waals surface area contributed by atoms with Gasteiger partial charge in [-0.1, -0.05) is 0 Å². The molecular formula is C14H13F5O2. The van der Waals surface area contributed by atoms with Gasteiger partial charge in [0.2, 0.25) is 0 Å². The summed E-state index contributed by atoms with van der Waals surface area (Å²) in [5.41, 5.74) is -1.94. The van der Waals surface area contributed by atoms with Crippen LogP contribution in [0, 0.1) is 5.92 Å². The van der Waals surface area contributed by atoms with Crippen LogP contribution in [0.5, 0.6) is 0 Å². The summed E-state index contributed by atoms with van der Waals surface area (Å²) in [6, 6.07) is 2.15. The molecule has 0 N–H and O–H groups in total. The van der Waals surface area contributed by atoms with Gasteiger partial charge in [-0.05, 0) is 36.6 Å². The fraction of sp³-hybridized carbons (Fsp3) is 0.500. The summed E-state index contributed by atoms with van der Waals surface area (Å²) >= 11 is 0. The van der Waals surface area contributed by atoms with Crippen LogP contribution in [0.25, 0.3) is 0 Å². The van der Waals surface area contributed by atoms with Crippen molar-refractivity contribution in [2.24, 2.45) is 5.92 Å². The largest absolute Gasteiger partial charge is 0.461 e. The first kappa shape index (κ1) is 15.7. The van der Waals surface area contributed by atoms with Crippen LogP contribution in [0.1, 0.15) is 36.5 Å². The van der Waals surface area contributed by atoms with Gasteiger partial charge in [0.15, 0.2) is 0 Å². The molecule has 1 fully saturated rings. The first-order valence-electron chi connectivity index (χ1n) is 6.33. The van der Waals surface area contributed by atoms with E-state index in [1.54, 1.807) is 0 Å². The first-order chi connectivity index (χ1) is 9.60. The highest BCUT2D eigenvalue weighted by atomic mass is 19.4. The van der Waals surface area contributed by atoms with E-state index < -0.39 is 41.7 Å². The number of hydrogen-bond acceptors (Lipinski definition) is 2. The average molecular weight is 308 g/mol. The molecule has 0 aliphatic heterocycles. The zero-order chi connectivity index (χ0) is 15.8. The van der Waals surface area contributed by atoms with E-state index in [1.165, 1.54) is 0 Å². The van der Waals surface area contributed by atoms with Gasteiger partial charge in [-0.15, -0.1) is 0 Å². The van der Waals surface area contributed by atoms with Crippen molar-refractivity contribution in [2.45, 2.75) is 38.5 Å². The van der Waals surface area contributed by atoms with E-state index >= 15 is 0 Å². The van der Waals surface area contributed by atoms with E-state index in [-0.39, 0.29) is 5.56 Å². The molecule has 2 nitrogen and oxygen atoms in total. The Morgan fingerprint density at radius 3 is 2.19 bits per heavy atom. The van der Waals surface area contributed by atoms with E-state index in [0.29, 0.717) is 18.9 Å². The molecule has 7 heteroatoms. The topological polar surface area (TPSA) is 26.3 Å². The van der Waals surface area contributed by atoms with Crippen LogP contribution in [0.2, 0.25) is 0 Å². The van der Waals surface area contributed by atoms with Crippen molar-refractivity contribution in [2.75, 3.05) is 0 Å². The molecule has 0 spiro atoms. The molecule has 2 rings (SSSR count). The molecule has 116 valence electrons. The van der Waals surface area contributed by atoms with Gasteiger partial charge in [-0.2, -0.15) is 13.2 Å². The molecular weight excluding hydrogens is 295 g/mol. The summed E-state index contributed by atoms with van der Waals surface area (Å²) in [7, 11) is 0. The Kier molecular flexibility index (Phi) is 3.95. The van der Waals surface area contributed by atoms with E-state index in [2.05, 4.69) is 4.74 Å². The molecule has 0 radical (unpaired) electrons. The van der Waals surface area contributed by atoms with Gasteiger partial charge < -0.3 is 4.74 Å². The Morgan fingerprint density at radius 2 is 1.71 bits per heavy atom. The normalized spacial score (nSPS) is 15.9. The Balaban J connectivity index is 2.39. The minimum atomic E-state index is -4.74. The van der Waals surface area contributed by atoms with E-state index in [0.717, 1.165) is 19.1 Å². The maximum atomic E-state index is 14.0. The van der Waals surface area contributed by atoms with E-state index in [4.69, 9.17) is 0 Å². The predicted molar refractivity (Wildman–Crippen MR) is 63.5 cm³/mol. The summed E-state index contributed by atoms with van der Waals surface area (Å²) in [6.45, 7) is 0.625. The van der Waals surface area contributed by atoms with Gasteiger partial charge in [0.1, 0.15) is 6.61 Å². The SMILES string of the molecule is CC(=O)OCc1cc(C(F)(F)F)cc(C(F)(F)C2CC2)c1. The molecule has 0 aromatic heterocycles. The highest BCUT2D eigenvalue weighted by Crippen LogP contribution is 2.50. The van der Waals surface area contributed by atoms with Crippen LogP contribution < -0.4 is 0 Å². The summed E-state index contributed by atoms with van der Waals surface area (Å²) < 4.78 is 71.0. The fourth-order valence-corrected chi connectivity index (χ4v) is 2.00. The number of esters is 1. The highest BCUT2D eigenvalue weighted by molar-refractivity contribution is 5.65. The molecule has 1 aromatic carbocycles. The molecule has 0 saturated heterocycles. The molecule has 0 unspecified atom stereocenters. The molecule has 0 amide bonds. The lowest BCUT2D eigenvalue weighted by Gasteiger charge is -2.19. The van der Waals surface area contributed by atoms with Crippen LogP contribution in [0.15, 0.2) is 18.2 Å². The summed E-state index contributed by atoms with van der Waals surface area (Å²) in [5, 5.41) is 0. The molecule has 1 aromatic rings. The Morgan fingerprint density at radius 1 is 1.14 bits per heavy atom. The van der Waals surface area contributed by atoms with Gasteiger partial charge in [0.25, 0.3) is 5.92 Å². The van der Waals surface area contributed by atoms with Crippen molar-refractivity contribution in [3.63, 3.8) is 0 Å². The number of ether oxygens (including phenoxy) is 1. The zero-order valence-corrected chi connectivity index (χ0v) is 11.1. The second-order valence-electron chi connectivity index (χ2n) is 5.09. The van der Waals surface area contributed by atoms with Crippen LogP contribution in [0.3, 0.4) is 0 Å². The maximum absolute atomic E-state index is 14.0. The zero-order valence-electron chi connectivity index (χ0n) is 11.1. The highest BCUT2D eigenvalue weighted by Gasteiger charge is 2.48. The molecule has 0 heterocycles. The van der Waals surface area contributed by atoms with Gasteiger partial charge in [0, 0.05) is 18.4 Å². The average Bonchev–Trinajstić information content (AvgIpc) is 3.19. The third-order valence-electron chi connectivity index (χ3n) is 3.24. The van der Waals surface area contributed by atoms with Gasteiger partial charge >= 0.3 is 12.1 Å². The predicted octanol–water partition coefficient (Wildman–Crippen LogP) is 4.27. The van der Waals surface area contributed by atoms with Crippen molar-refractivity contribution < 1.29 is 31.5 Å². The quantitative estimate of drug-likeness (QED) is 0.613. The van der Waals surface area contributed by atoms with Gasteiger partial charge in [-0.3, -0.25) is 4.79 Å². The van der Waals surface area contributed by atoms with E-state index in [9.17, 15) is 26.7 Å². The van der Waals surface area contributed by atoms with Crippen molar-refractivity contribution in [3.05, 3.63) is 34.9 Å². The number of carbonyl (C=O) groups excluding carboxylic acids is 1. The minimum Gasteiger partial charge on any atom is -0.461 e. The third-order valence-corrected chi connectivity index (χ3v) is 3.24. The lowest BCUT2D eigenvalue weighted by molar-refractivity contribution is -0.142. The second kappa shape index (κ2) is 5.27. The van der Waals surface area contributed by atoms with Crippen molar-refractivity contribution in [1.29, 1.82) is 0 Å². The maximum Gasteiger partial charge on any atom is 0.416 e. The second-order valence-corrected chi connectivity index (χ2v) is 5.09. The minimum absolute atomic E-state index is 0.102. The smallest absolute Gasteiger partial charge is 0.416 e. The van der Waals surface area contributed by atoms with Crippen molar-refractivity contribution >= 4 is 5.97 Å². The number of alkyl halides is 5. The monoisotopic (exact) mass is 308 g/mol. The molecule has 0 atom stereocenters. The lowest BCUT2D eigenvalue weighted by Crippen LogP contribution is -2.18. The summed E-state index contributed by atoms with van der Waals surface area (Å²) in [6.07, 6.45) is -4.15. The molecule has 1 aliphatic rings. The summed E-state index contributed by atoms with van der Waals surface area (Å²) in [4.78, 5) is 10.7. The van der Waals surface area contributed by atoms with Crippen LogP contribution in [0.4, 0.5) is 22.0 Å². The van der Waals surface area contributed by atoms with Gasteiger partial charge in [-0.25, -0.2) is 8.78 Å². The Hall–Kier alpha value is -1.66. The van der Waals surface area contributed by atoms with Crippen LogP contribution in [-0.2, 0) is 28.2 Å². The Bertz CT molecular complexity index is 547. The Labute approximate surface area is 117 Å². The number of halogens is 5. The third kappa shape index (κ3) is 3.71. The van der Waals surface area contributed by atoms with Gasteiger partial charge in [0.05, 0.1) is 5.56 Å². The van der Waals surface area contributed by atoms with E-state index in [1.807, 2.05) is 0 Å². The number of rotatable bonds is 4. The number of hydrogen-bond donors (Lipinski definition) is 0. The fourth-order valence-electron chi connectivity index (χ4n) is 2.00. The molecule has 0 bridgehead atoms. The van der Waals surface area contributed by atoms with Crippen LogP contribution in [-0.4, -0.2) is 5.97 Å². The first-order valence-corrected chi connectivity index (χ1v) is 6.33. The number of benzene rings is 1.